The molecule has 0 aromatic heterocycles. The first-order valence-electron chi connectivity index (χ1n) is 5.32. The molecule has 1 heterocycles. The van der Waals surface area contributed by atoms with Crippen molar-refractivity contribution in [2.75, 3.05) is 11.5 Å². The number of aliphatic hydroxyl groups is 1. The third-order valence-corrected chi connectivity index (χ3v) is 3.69. The lowest BCUT2D eigenvalue weighted by Crippen LogP contribution is -2.23. The summed E-state index contributed by atoms with van der Waals surface area (Å²) >= 11 is 1.96. The fraction of sp³-hybridized carbons (Fsp3) is 0.500. The van der Waals surface area contributed by atoms with Crippen LogP contribution >= 0.6 is 11.8 Å². The summed E-state index contributed by atoms with van der Waals surface area (Å²) in [7, 11) is 0. The SMILES string of the molecule is OCc1cccc(OC2CCCSC2)c1. The summed E-state index contributed by atoms with van der Waals surface area (Å²) in [6, 6.07) is 7.71. The monoisotopic (exact) mass is 224 g/mol. The molecule has 0 spiro atoms. The maximum atomic E-state index is 9.01. The number of ether oxygens (including phenoxy) is 1. The Morgan fingerprint density at radius 3 is 3.13 bits per heavy atom. The van der Waals surface area contributed by atoms with Crippen LogP contribution in [0.4, 0.5) is 0 Å². The van der Waals surface area contributed by atoms with E-state index < -0.39 is 0 Å². The van der Waals surface area contributed by atoms with Gasteiger partial charge in [0.25, 0.3) is 0 Å². The minimum Gasteiger partial charge on any atom is -0.490 e. The molecule has 1 aliphatic heterocycles. The Hall–Kier alpha value is -0.670. The van der Waals surface area contributed by atoms with Gasteiger partial charge in [0.2, 0.25) is 0 Å². The third-order valence-electron chi connectivity index (χ3n) is 2.50. The normalized spacial score (nSPS) is 21.3. The van der Waals surface area contributed by atoms with E-state index >= 15 is 0 Å². The topological polar surface area (TPSA) is 29.5 Å². The molecule has 1 aromatic carbocycles. The average molecular weight is 224 g/mol. The minimum absolute atomic E-state index is 0.0800. The summed E-state index contributed by atoms with van der Waals surface area (Å²) in [4.78, 5) is 0. The smallest absolute Gasteiger partial charge is 0.120 e. The number of hydrogen-bond donors (Lipinski definition) is 1. The van der Waals surface area contributed by atoms with Gasteiger partial charge in [-0.25, -0.2) is 0 Å². The van der Waals surface area contributed by atoms with Crippen molar-refractivity contribution in [1.29, 1.82) is 0 Å². The molecule has 3 heteroatoms. The minimum atomic E-state index is 0.0800. The van der Waals surface area contributed by atoms with Crippen molar-refractivity contribution in [2.45, 2.75) is 25.6 Å². The van der Waals surface area contributed by atoms with E-state index in [1.807, 2.05) is 36.0 Å². The molecule has 82 valence electrons. The van der Waals surface area contributed by atoms with Crippen LogP contribution < -0.4 is 4.74 Å². The summed E-state index contributed by atoms with van der Waals surface area (Å²) in [5.74, 6) is 3.23. The second-order valence-electron chi connectivity index (χ2n) is 3.76. The van der Waals surface area contributed by atoms with Gasteiger partial charge in [0.05, 0.1) is 6.61 Å². The number of rotatable bonds is 3. The standard InChI is InChI=1S/C12H16O2S/c13-8-10-3-1-4-11(7-10)14-12-5-2-6-15-9-12/h1,3-4,7,12-13H,2,5-6,8-9H2. The molecule has 1 aromatic rings. The molecule has 0 amide bonds. The molecular weight excluding hydrogens is 208 g/mol. The van der Waals surface area contributed by atoms with Crippen LogP contribution in [0, 0.1) is 0 Å². The molecule has 1 saturated heterocycles. The Labute approximate surface area is 94.6 Å². The number of hydrogen-bond acceptors (Lipinski definition) is 3. The Morgan fingerprint density at radius 1 is 1.47 bits per heavy atom. The highest BCUT2D eigenvalue weighted by atomic mass is 32.2. The molecule has 0 radical (unpaired) electrons. The summed E-state index contributed by atoms with van der Waals surface area (Å²) in [6.07, 6.45) is 2.74. The maximum Gasteiger partial charge on any atom is 0.120 e. The van der Waals surface area contributed by atoms with Gasteiger partial charge < -0.3 is 9.84 Å². The highest BCUT2D eigenvalue weighted by Gasteiger charge is 2.14. The fourth-order valence-electron chi connectivity index (χ4n) is 1.71. The fourth-order valence-corrected chi connectivity index (χ4v) is 2.75. The van der Waals surface area contributed by atoms with Gasteiger partial charge in [0.15, 0.2) is 0 Å². The number of benzene rings is 1. The van der Waals surface area contributed by atoms with Crippen molar-refractivity contribution in [2.24, 2.45) is 0 Å². The van der Waals surface area contributed by atoms with Gasteiger partial charge in [-0.3, -0.25) is 0 Å². The molecule has 1 N–H and O–H groups in total. The van der Waals surface area contributed by atoms with Crippen LogP contribution in [-0.4, -0.2) is 22.7 Å². The van der Waals surface area contributed by atoms with Crippen LogP contribution in [0.5, 0.6) is 5.75 Å². The maximum absolute atomic E-state index is 9.01. The average Bonchev–Trinajstić information content (AvgIpc) is 2.31. The molecule has 0 bridgehead atoms. The number of thioether (sulfide) groups is 1. The summed E-state index contributed by atoms with van der Waals surface area (Å²) in [5, 5.41) is 9.01. The molecule has 0 saturated carbocycles. The first kappa shape index (κ1) is 10.8. The van der Waals surface area contributed by atoms with Gasteiger partial charge in [0, 0.05) is 5.75 Å². The van der Waals surface area contributed by atoms with Crippen LogP contribution in [0.15, 0.2) is 24.3 Å². The lowest BCUT2D eigenvalue weighted by atomic mass is 10.2. The quantitative estimate of drug-likeness (QED) is 0.855. The lowest BCUT2D eigenvalue weighted by molar-refractivity contribution is 0.210. The second-order valence-corrected chi connectivity index (χ2v) is 4.91. The molecule has 1 unspecified atom stereocenters. The molecule has 1 atom stereocenters. The highest BCUT2D eigenvalue weighted by Crippen LogP contribution is 2.23. The van der Waals surface area contributed by atoms with Crippen molar-refractivity contribution in [1.82, 2.24) is 0 Å². The summed E-state index contributed by atoms with van der Waals surface area (Å²) in [5.41, 5.74) is 0.913. The van der Waals surface area contributed by atoms with Gasteiger partial charge >= 0.3 is 0 Å². The van der Waals surface area contributed by atoms with Gasteiger partial charge in [-0.2, -0.15) is 11.8 Å². The highest BCUT2D eigenvalue weighted by molar-refractivity contribution is 7.99. The van der Waals surface area contributed by atoms with Crippen LogP contribution in [0.25, 0.3) is 0 Å². The van der Waals surface area contributed by atoms with E-state index in [4.69, 9.17) is 9.84 Å². The van der Waals surface area contributed by atoms with Crippen molar-refractivity contribution >= 4 is 11.8 Å². The molecule has 2 rings (SSSR count). The zero-order valence-electron chi connectivity index (χ0n) is 8.69. The molecule has 2 nitrogen and oxygen atoms in total. The van der Waals surface area contributed by atoms with Crippen LogP contribution in [0.2, 0.25) is 0 Å². The van der Waals surface area contributed by atoms with Crippen LogP contribution in [0.1, 0.15) is 18.4 Å². The zero-order chi connectivity index (χ0) is 10.5. The van der Waals surface area contributed by atoms with Crippen molar-refractivity contribution in [3.05, 3.63) is 29.8 Å². The van der Waals surface area contributed by atoms with E-state index in [0.29, 0.717) is 6.10 Å². The predicted octanol–water partition coefficient (Wildman–Crippen LogP) is 2.45. The molecule has 15 heavy (non-hydrogen) atoms. The molecule has 0 aliphatic carbocycles. The van der Waals surface area contributed by atoms with E-state index in [-0.39, 0.29) is 6.61 Å². The van der Waals surface area contributed by atoms with Crippen LogP contribution in [0.3, 0.4) is 0 Å². The Kier molecular flexibility index (Phi) is 3.92. The Balaban J connectivity index is 1.96. The van der Waals surface area contributed by atoms with Gasteiger partial charge in [0.1, 0.15) is 11.9 Å². The van der Waals surface area contributed by atoms with Gasteiger partial charge in [-0.15, -0.1) is 0 Å². The van der Waals surface area contributed by atoms with E-state index in [9.17, 15) is 0 Å². The number of aliphatic hydroxyl groups excluding tert-OH is 1. The van der Waals surface area contributed by atoms with E-state index in [1.54, 1.807) is 0 Å². The van der Waals surface area contributed by atoms with Crippen LogP contribution in [-0.2, 0) is 6.61 Å². The predicted molar refractivity (Wildman–Crippen MR) is 63.3 cm³/mol. The third kappa shape index (κ3) is 3.14. The van der Waals surface area contributed by atoms with E-state index in [1.165, 1.54) is 12.2 Å². The molecular formula is C12H16O2S. The van der Waals surface area contributed by atoms with Crippen molar-refractivity contribution in [3.63, 3.8) is 0 Å². The zero-order valence-corrected chi connectivity index (χ0v) is 9.50. The van der Waals surface area contributed by atoms with E-state index in [2.05, 4.69) is 0 Å². The van der Waals surface area contributed by atoms with Gasteiger partial charge in [-0.1, -0.05) is 12.1 Å². The van der Waals surface area contributed by atoms with E-state index in [0.717, 1.165) is 23.5 Å². The second kappa shape index (κ2) is 5.42. The Morgan fingerprint density at radius 2 is 2.40 bits per heavy atom. The summed E-state index contributed by atoms with van der Waals surface area (Å²) < 4.78 is 5.87. The lowest BCUT2D eigenvalue weighted by Gasteiger charge is -2.22. The molecule has 1 aliphatic rings. The van der Waals surface area contributed by atoms with Crippen molar-refractivity contribution < 1.29 is 9.84 Å². The van der Waals surface area contributed by atoms with Crippen molar-refractivity contribution in [3.8, 4) is 5.75 Å². The summed E-state index contributed by atoms with van der Waals surface area (Å²) in [6.45, 7) is 0.0800. The molecule has 1 fully saturated rings. The largest absolute Gasteiger partial charge is 0.490 e. The first-order valence-corrected chi connectivity index (χ1v) is 6.48. The van der Waals surface area contributed by atoms with Gasteiger partial charge in [-0.05, 0) is 36.3 Å². The Bertz CT molecular complexity index is 308. The first-order chi connectivity index (χ1) is 7.38.